The van der Waals surface area contributed by atoms with Crippen molar-refractivity contribution < 1.29 is 4.79 Å². The van der Waals surface area contributed by atoms with Gasteiger partial charge < -0.3 is 10.2 Å². The first-order chi connectivity index (χ1) is 10.6. The molecule has 3 aliphatic rings. The second-order valence-electron chi connectivity index (χ2n) is 6.95. The van der Waals surface area contributed by atoms with Crippen molar-refractivity contribution in [3.05, 3.63) is 33.8 Å². The second-order valence-corrected chi connectivity index (χ2v) is 7.77. The molecule has 4 rings (SSSR count). The normalized spacial score (nSPS) is 29.3. The summed E-state index contributed by atoms with van der Waals surface area (Å²) >= 11 is 12.2. The van der Waals surface area contributed by atoms with Crippen molar-refractivity contribution in [2.75, 3.05) is 26.2 Å². The van der Waals surface area contributed by atoms with E-state index in [0.717, 1.165) is 51.0 Å². The van der Waals surface area contributed by atoms with Gasteiger partial charge in [-0.15, -0.1) is 0 Å². The van der Waals surface area contributed by atoms with E-state index < -0.39 is 0 Å². The first kappa shape index (κ1) is 14.8. The van der Waals surface area contributed by atoms with Gasteiger partial charge >= 0.3 is 0 Å². The van der Waals surface area contributed by atoms with Crippen LogP contribution in [0.3, 0.4) is 0 Å². The predicted octanol–water partition coefficient (Wildman–Crippen LogP) is 3.09. The Hall–Kier alpha value is -0.770. The molecule has 3 nitrogen and oxygen atoms in total. The van der Waals surface area contributed by atoms with E-state index in [0.29, 0.717) is 27.8 Å². The summed E-state index contributed by atoms with van der Waals surface area (Å²) in [5, 5.41) is 4.52. The fraction of sp³-hybridized carbons (Fsp3) is 0.588. The molecule has 1 amide bonds. The number of amides is 1. The molecule has 0 bridgehead atoms. The molecule has 5 heteroatoms. The Morgan fingerprint density at radius 2 is 1.82 bits per heavy atom. The molecule has 0 spiro atoms. The Balaban J connectivity index is 1.60. The monoisotopic (exact) mass is 338 g/mol. The molecular formula is C17H20Cl2N2O. The number of fused-ring (bicyclic) bond motifs is 1. The number of hydrogen-bond donors (Lipinski definition) is 1. The lowest BCUT2D eigenvalue weighted by Gasteiger charge is -2.43. The SMILES string of the molecule is O=C(N1C[C@H]2CNC[C@H]2C1)C1(c2ccc(Cl)c(Cl)c2)CCC1. The molecule has 118 valence electrons. The minimum absolute atomic E-state index is 0.298. The average Bonchev–Trinajstić information content (AvgIpc) is 3.02. The molecule has 1 N–H and O–H groups in total. The smallest absolute Gasteiger partial charge is 0.233 e. The lowest BCUT2D eigenvalue weighted by atomic mass is 9.63. The van der Waals surface area contributed by atoms with Crippen molar-refractivity contribution >= 4 is 29.1 Å². The van der Waals surface area contributed by atoms with Crippen molar-refractivity contribution in [1.29, 1.82) is 0 Å². The summed E-state index contributed by atoms with van der Waals surface area (Å²) in [7, 11) is 0. The lowest BCUT2D eigenvalue weighted by molar-refractivity contribution is -0.140. The Labute approximate surface area is 141 Å². The molecule has 2 atom stereocenters. The van der Waals surface area contributed by atoms with E-state index in [-0.39, 0.29) is 5.41 Å². The van der Waals surface area contributed by atoms with Crippen LogP contribution in [0.15, 0.2) is 18.2 Å². The fourth-order valence-electron chi connectivity index (χ4n) is 4.27. The Bertz CT molecular complexity index is 603. The zero-order valence-electron chi connectivity index (χ0n) is 12.4. The Morgan fingerprint density at radius 3 is 2.36 bits per heavy atom. The summed E-state index contributed by atoms with van der Waals surface area (Å²) in [6.07, 6.45) is 2.95. The van der Waals surface area contributed by atoms with Gasteiger partial charge in [-0.25, -0.2) is 0 Å². The number of likely N-dealkylation sites (tertiary alicyclic amines) is 1. The third-order valence-electron chi connectivity index (χ3n) is 5.77. The number of benzene rings is 1. The van der Waals surface area contributed by atoms with Crippen LogP contribution in [0.25, 0.3) is 0 Å². The van der Waals surface area contributed by atoms with Gasteiger partial charge in [-0.1, -0.05) is 35.7 Å². The van der Waals surface area contributed by atoms with Gasteiger partial charge in [0.1, 0.15) is 0 Å². The van der Waals surface area contributed by atoms with E-state index in [1.54, 1.807) is 0 Å². The zero-order valence-corrected chi connectivity index (χ0v) is 14.0. The minimum atomic E-state index is -0.361. The standard InChI is InChI=1S/C17H20Cl2N2O/c18-14-3-2-13(6-15(14)19)17(4-1-5-17)16(22)21-9-11-7-20-8-12(11)10-21/h2-3,6,11-12,20H,1,4-5,7-10H2/t11-,12+. The molecule has 1 aromatic carbocycles. The molecule has 0 aromatic heterocycles. The minimum Gasteiger partial charge on any atom is -0.341 e. The van der Waals surface area contributed by atoms with Crippen LogP contribution < -0.4 is 5.32 Å². The van der Waals surface area contributed by atoms with Crippen LogP contribution in [-0.4, -0.2) is 37.0 Å². The summed E-state index contributed by atoms with van der Waals surface area (Å²) < 4.78 is 0. The third-order valence-corrected chi connectivity index (χ3v) is 6.50. The van der Waals surface area contributed by atoms with E-state index in [9.17, 15) is 4.79 Å². The summed E-state index contributed by atoms with van der Waals surface area (Å²) in [6.45, 7) is 3.90. The molecule has 1 saturated carbocycles. The maximum atomic E-state index is 13.2. The molecule has 2 saturated heterocycles. The van der Waals surface area contributed by atoms with Crippen molar-refractivity contribution in [1.82, 2.24) is 10.2 Å². The first-order valence-corrected chi connectivity index (χ1v) is 8.81. The van der Waals surface area contributed by atoms with Crippen LogP contribution in [0.5, 0.6) is 0 Å². The van der Waals surface area contributed by atoms with Crippen LogP contribution in [0, 0.1) is 11.8 Å². The average molecular weight is 339 g/mol. The maximum Gasteiger partial charge on any atom is 0.233 e. The Morgan fingerprint density at radius 1 is 1.14 bits per heavy atom. The highest BCUT2D eigenvalue weighted by atomic mass is 35.5. The van der Waals surface area contributed by atoms with Crippen molar-refractivity contribution in [2.45, 2.75) is 24.7 Å². The van der Waals surface area contributed by atoms with Crippen molar-refractivity contribution in [3.63, 3.8) is 0 Å². The maximum absolute atomic E-state index is 13.2. The molecule has 2 aliphatic heterocycles. The first-order valence-electron chi connectivity index (χ1n) is 8.06. The molecule has 2 heterocycles. The van der Waals surface area contributed by atoms with Gasteiger partial charge in [0.15, 0.2) is 0 Å². The topological polar surface area (TPSA) is 32.3 Å². The van der Waals surface area contributed by atoms with E-state index in [4.69, 9.17) is 23.2 Å². The predicted molar refractivity (Wildman–Crippen MR) is 88.4 cm³/mol. The van der Waals surface area contributed by atoms with Gasteiger partial charge in [0.2, 0.25) is 5.91 Å². The highest BCUT2D eigenvalue weighted by Crippen LogP contribution is 2.47. The Kier molecular flexibility index (Phi) is 3.63. The molecule has 22 heavy (non-hydrogen) atoms. The molecule has 1 aliphatic carbocycles. The number of nitrogens with zero attached hydrogens (tertiary/aromatic N) is 1. The summed E-state index contributed by atoms with van der Waals surface area (Å²) in [5.74, 6) is 1.57. The van der Waals surface area contributed by atoms with Gasteiger partial charge in [0.25, 0.3) is 0 Å². The van der Waals surface area contributed by atoms with Gasteiger partial charge in [0, 0.05) is 26.2 Å². The van der Waals surface area contributed by atoms with E-state index in [1.165, 1.54) is 0 Å². The van der Waals surface area contributed by atoms with E-state index in [1.807, 2.05) is 18.2 Å². The molecular weight excluding hydrogens is 319 g/mol. The fourth-order valence-corrected chi connectivity index (χ4v) is 4.57. The van der Waals surface area contributed by atoms with E-state index in [2.05, 4.69) is 10.2 Å². The molecule has 0 radical (unpaired) electrons. The second kappa shape index (κ2) is 5.40. The van der Waals surface area contributed by atoms with Gasteiger partial charge in [0.05, 0.1) is 15.5 Å². The van der Waals surface area contributed by atoms with Crippen LogP contribution in [0.1, 0.15) is 24.8 Å². The number of rotatable bonds is 2. The number of carbonyl (C=O) groups is 1. The summed E-state index contributed by atoms with van der Waals surface area (Å²) in [6, 6.07) is 5.68. The number of hydrogen-bond acceptors (Lipinski definition) is 2. The quantitative estimate of drug-likeness (QED) is 0.898. The highest BCUT2D eigenvalue weighted by Gasteiger charge is 2.50. The van der Waals surface area contributed by atoms with Crippen LogP contribution in [0.2, 0.25) is 10.0 Å². The summed E-state index contributed by atoms with van der Waals surface area (Å²) in [5.41, 5.74) is 0.675. The highest BCUT2D eigenvalue weighted by molar-refractivity contribution is 6.42. The lowest BCUT2D eigenvalue weighted by Crippen LogP contribution is -2.51. The number of carbonyl (C=O) groups excluding carboxylic acids is 1. The van der Waals surface area contributed by atoms with Crippen LogP contribution in [-0.2, 0) is 10.2 Å². The molecule has 1 aromatic rings. The van der Waals surface area contributed by atoms with Crippen molar-refractivity contribution in [3.8, 4) is 0 Å². The van der Waals surface area contributed by atoms with Crippen molar-refractivity contribution in [2.24, 2.45) is 11.8 Å². The van der Waals surface area contributed by atoms with Crippen LogP contribution in [0.4, 0.5) is 0 Å². The zero-order chi connectivity index (χ0) is 15.3. The molecule has 0 unspecified atom stereocenters. The van der Waals surface area contributed by atoms with Crippen LogP contribution >= 0.6 is 23.2 Å². The summed E-state index contributed by atoms with van der Waals surface area (Å²) in [4.78, 5) is 15.3. The van der Waals surface area contributed by atoms with Gasteiger partial charge in [-0.3, -0.25) is 4.79 Å². The van der Waals surface area contributed by atoms with Gasteiger partial charge in [-0.2, -0.15) is 0 Å². The number of halogens is 2. The third kappa shape index (κ3) is 2.17. The van der Waals surface area contributed by atoms with E-state index >= 15 is 0 Å². The van der Waals surface area contributed by atoms with Gasteiger partial charge in [-0.05, 0) is 42.4 Å². The largest absolute Gasteiger partial charge is 0.341 e. The molecule has 3 fully saturated rings. The number of nitrogens with one attached hydrogen (secondary N) is 1.